The van der Waals surface area contributed by atoms with Crippen LogP contribution in [0.5, 0.6) is 0 Å². The van der Waals surface area contributed by atoms with Gasteiger partial charge in [-0.25, -0.2) is 5.84 Å². The van der Waals surface area contributed by atoms with Crippen molar-refractivity contribution in [2.45, 2.75) is 0 Å². The number of rotatable bonds is 4. The lowest BCUT2D eigenvalue weighted by atomic mass is 10.4. The lowest BCUT2D eigenvalue weighted by Crippen LogP contribution is -2.33. The number of hydrogen-bond acceptors (Lipinski definition) is 5. The molecule has 0 spiro atoms. The molecule has 0 heterocycles. The number of hydrogen-bond donors (Lipinski definition) is 4. The maximum absolute atomic E-state index is 10.8. The number of carbonyl (C=O) groups is 1. The fourth-order valence-corrected chi connectivity index (χ4v) is 0.562. The third-order valence-electron chi connectivity index (χ3n) is 1.15. The Morgan fingerprint density at radius 2 is 2.33 bits per heavy atom. The smallest absolute Gasteiger partial charge is 0.268 e. The van der Waals surface area contributed by atoms with E-state index in [4.69, 9.17) is 16.7 Å². The first-order chi connectivity index (χ1) is 5.61. The topological polar surface area (TPSA) is 105 Å². The minimum Gasteiger partial charge on any atom is -0.394 e. The lowest BCUT2D eigenvalue weighted by Gasteiger charge is -2.12. The van der Waals surface area contributed by atoms with Gasteiger partial charge in [-0.1, -0.05) is 0 Å². The fourth-order valence-electron chi connectivity index (χ4n) is 0.562. The summed E-state index contributed by atoms with van der Waals surface area (Å²) in [7, 11) is 1.47. The van der Waals surface area contributed by atoms with Crippen LogP contribution in [0.1, 0.15) is 0 Å². The first-order valence-corrected chi connectivity index (χ1v) is 3.43. The summed E-state index contributed by atoms with van der Waals surface area (Å²) in [5.74, 6) is 4.91. The van der Waals surface area contributed by atoms with Crippen LogP contribution < -0.4 is 16.9 Å². The Balaban J connectivity index is 4.05. The second-order valence-corrected chi connectivity index (χ2v) is 2.12. The molecular weight excluding hydrogens is 160 g/mol. The lowest BCUT2D eigenvalue weighted by molar-refractivity contribution is -0.117. The van der Waals surface area contributed by atoms with E-state index in [-0.39, 0.29) is 18.8 Å². The number of aliphatic hydroxyl groups excluding tert-OH is 1. The fraction of sp³-hybridized carbons (Fsp3) is 0.500. The Morgan fingerprint density at radius 1 is 1.75 bits per heavy atom. The number of carbonyl (C=O) groups excluding carboxylic acids is 1. The van der Waals surface area contributed by atoms with Gasteiger partial charge in [-0.15, -0.1) is 0 Å². The van der Waals surface area contributed by atoms with Crippen molar-refractivity contribution in [2.75, 3.05) is 20.2 Å². The zero-order valence-electron chi connectivity index (χ0n) is 6.95. The maximum atomic E-state index is 10.8. The molecular formula is C6H14N4O2. The van der Waals surface area contributed by atoms with Gasteiger partial charge in [-0.2, -0.15) is 0 Å². The zero-order chi connectivity index (χ0) is 9.56. The highest BCUT2D eigenvalue weighted by Gasteiger charge is 2.02. The summed E-state index contributed by atoms with van der Waals surface area (Å²) in [5, 5.41) is 11.9. The molecule has 0 aliphatic rings. The Hall–Kier alpha value is -1.27. The first-order valence-electron chi connectivity index (χ1n) is 3.43. The SMILES string of the molecule is CNC(=O)/C(N)=C/N(N)CCO. The molecule has 0 bridgehead atoms. The molecule has 0 atom stereocenters. The number of hydrazine groups is 1. The molecule has 0 aromatic rings. The predicted molar refractivity (Wildman–Crippen MR) is 44.3 cm³/mol. The van der Waals surface area contributed by atoms with Crippen LogP contribution >= 0.6 is 0 Å². The highest BCUT2D eigenvalue weighted by molar-refractivity contribution is 5.91. The predicted octanol–water partition coefficient (Wildman–Crippen LogP) is -2.30. The molecule has 6 heteroatoms. The van der Waals surface area contributed by atoms with E-state index in [1.807, 2.05) is 0 Å². The van der Waals surface area contributed by atoms with E-state index in [1.165, 1.54) is 13.2 Å². The van der Waals surface area contributed by atoms with Gasteiger partial charge in [-0.05, 0) is 0 Å². The van der Waals surface area contributed by atoms with Crippen molar-refractivity contribution < 1.29 is 9.90 Å². The maximum Gasteiger partial charge on any atom is 0.268 e. The molecule has 0 rings (SSSR count). The Morgan fingerprint density at radius 3 is 2.75 bits per heavy atom. The van der Waals surface area contributed by atoms with E-state index in [0.29, 0.717) is 0 Å². The molecule has 0 aromatic carbocycles. The van der Waals surface area contributed by atoms with Crippen LogP contribution in [-0.2, 0) is 4.79 Å². The number of aliphatic hydroxyl groups is 1. The number of amides is 1. The van der Waals surface area contributed by atoms with Gasteiger partial charge < -0.3 is 21.2 Å². The van der Waals surface area contributed by atoms with E-state index >= 15 is 0 Å². The molecule has 0 aliphatic heterocycles. The molecule has 0 saturated heterocycles. The van der Waals surface area contributed by atoms with Crippen molar-refractivity contribution in [3.8, 4) is 0 Å². The van der Waals surface area contributed by atoms with Crippen LogP contribution in [-0.4, -0.2) is 36.2 Å². The number of nitrogens with two attached hydrogens (primary N) is 2. The minimum atomic E-state index is -0.400. The molecule has 6 N–H and O–H groups in total. The second kappa shape index (κ2) is 5.39. The van der Waals surface area contributed by atoms with Gasteiger partial charge in [0.25, 0.3) is 5.91 Å². The normalized spacial score (nSPS) is 11.1. The molecule has 1 amide bonds. The van der Waals surface area contributed by atoms with Crippen molar-refractivity contribution >= 4 is 5.91 Å². The third kappa shape index (κ3) is 3.79. The minimum absolute atomic E-state index is 0.00782. The van der Waals surface area contributed by atoms with Crippen molar-refractivity contribution in [3.63, 3.8) is 0 Å². The monoisotopic (exact) mass is 174 g/mol. The molecule has 0 aromatic heterocycles. The summed E-state index contributed by atoms with van der Waals surface area (Å²) >= 11 is 0. The van der Waals surface area contributed by atoms with Gasteiger partial charge >= 0.3 is 0 Å². The molecule has 0 aliphatic carbocycles. The molecule has 0 radical (unpaired) electrons. The van der Waals surface area contributed by atoms with Crippen molar-refractivity contribution in [1.82, 2.24) is 10.3 Å². The van der Waals surface area contributed by atoms with Gasteiger partial charge in [0.15, 0.2) is 0 Å². The summed E-state index contributed by atoms with van der Waals surface area (Å²) in [6, 6.07) is 0. The number of nitrogens with one attached hydrogen (secondary N) is 1. The summed E-state index contributed by atoms with van der Waals surface area (Å²) in [4.78, 5) is 10.8. The number of likely N-dealkylation sites (N-methyl/N-ethyl adjacent to an activating group) is 1. The van der Waals surface area contributed by atoms with E-state index in [9.17, 15) is 4.79 Å². The first kappa shape index (κ1) is 10.7. The quantitative estimate of drug-likeness (QED) is 0.218. The van der Waals surface area contributed by atoms with Crippen LogP contribution in [0.4, 0.5) is 0 Å². The van der Waals surface area contributed by atoms with Crippen LogP contribution in [0.25, 0.3) is 0 Å². The molecule has 0 unspecified atom stereocenters. The average molecular weight is 174 g/mol. The van der Waals surface area contributed by atoms with Gasteiger partial charge in [0.2, 0.25) is 0 Å². The summed E-state index contributed by atoms with van der Waals surface area (Å²) < 4.78 is 0. The standard InChI is InChI=1S/C6H14N4O2/c1-9-6(12)5(7)4-10(8)2-3-11/h4,11H,2-3,7-8H2,1H3,(H,9,12)/b5-4-. The Labute approximate surface area is 70.8 Å². The van der Waals surface area contributed by atoms with E-state index in [0.717, 1.165) is 5.01 Å². The second-order valence-electron chi connectivity index (χ2n) is 2.12. The van der Waals surface area contributed by atoms with Crippen molar-refractivity contribution in [3.05, 3.63) is 11.9 Å². The van der Waals surface area contributed by atoms with Crippen LogP contribution in [0.2, 0.25) is 0 Å². The Bertz CT molecular complexity index is 180. The molecule has 6 nitrogen and oxygen atoms in total. The van der Waals surface area contributed by atoms with Gasteiger partial charge in [0.1, 0.15) is 5.70 Å². The van der Waals surface area contributed by atoms with Gasteiger partial charge in [0.05, 0.1) is 13.2 Å². The van der Waals surface area contributed by atoms with Crippen LogP contribution in [0.3, 0.4) is 0 Å². The summed E-state index contributed by atoms with van der Waals surface area (Å²) in [5.41, 5.74) is 5.31. The molecule has 0 fully saturated rings. The Kier molecular flexibility index (Phi) is 4.82. The zero-order valence-corrected chi connectivity index (χ0v) is 6.95. The molecule has 70 valence electrons. The van der Waals surface area contributed by atoms with E-state index < -0.39 is 5.91 Å². The third-order valence-corrected chi connectivity index (χ3v) is 1.15. The average Bonchev–Trinajstić information content (AvgIpc) is 2.03. The van der Waals surface area contributed by atoms with Gasteiger partial charge in [-0.3, -0.25) is 4.79 Å². The largest absolute Gasteiger partial charge is 0.394 e. The van der Waals surface area contributed by atoms with Crippen molar-refractivity contribution in [2.24, 2.45) is 11.6 Å². The molecule has 0 saturated carbocycles. The summed E-state index contributed by atoms with van der Waals surface area (Å²) in [6.07, 6.45) is 1.26. The highest BCUT2D eigenvalue weighted by atomic mass is 16.3. The van der Waals surface area contributed by atoms with Crippen LogP contribution in [0.15, 0.2) is 11.9 Å². The van der Waals surface area contributed by atoms with Gasteiger partial charge in [0, 0.05) is 13.2 Å². The van der Waals surface area contributed by atoms with E-state index in [2.05, 4.69) is 5.32 Å². The van der Waals surface area contributed by atoms with E-state index in [1.54, 1.807) is 0 Å². The summed E-state index contributed by atoms with van der Waals surface area (Å²) in [6.45, 7) is 0.145. The van der Waals surface area contributed by atoms with Crippen LogP contribution in [0, 0.1) is 0 Å². The highest BCUT2D eigenvalue weighted by Crippen LogP contribution is 1.85. The molecule has 12 heavy (non-hydrogen) atoms. The van der Waals surface area contributed by atoms with Crippen molar-refractivity contribution in [1.29, 1.82) is 0 Å². The number of nitrogens with zero attached hydrogens (tertiary/aromatic N) is 1.